The summed E-state index contributed by atoms with van der Waals surface area (Å²) in [6.07, 6.45) is -0.583. The van der Waals surface area contributed by atoms with Gasteiger partial charge in [-0.25, -0.2) is 19.0 Å². The predicted octanol–water partition coefficient (Wildman–Crippen LogP) is 4.31. The minimum absolute atomic E-state index is 0.00408. The van der Waals surface area contributed by atoms with Crippen molar-refractivity contribution in [2.45, 2.75) is 39.4 Å². The Balaban J connectivity index is 1.79. The molecule has 3 heterocycles. The maximum absolute atomic E-state index is 14.0. The lowest BCUT2D eigenvalue weighted by Gasteiger charge is -2.28. The summed E-state index contributed by atoms with van der Waals surface area (Å²) in [5, 5.41) is 4.21. The summed E-state index contributed by atoms with van der Waals surface area (Å²) in [4.78, 5) is 22.6. The summed E-state index contributed by atoms with van der Waals surface area (Å²) in [6, 6.07) is 4.39. The van der Waals surface area contributed by atoms with Crippen molar-refractivity contribution >= 4 is 5.91 Å². The number of hydrogen-bond acceptors (Lipinski definition) is 5. The van der Waals surface area contributed by atoms with E-state index in [2.05, 4.69) is 15.1 Å². The Morgan fingerprint density at radius 2 is 1.94 bits per heavy atom. The van der Waals surface area contributed by atoms with Crippen LogP contribution in [0.5, 0.6) is 5.88 Å². The van der Waals surface area contributed by atoms with Gasteiger partial charge in [0.05, 0.1) is 23.4 Å². The van der Waals surface area contributed by atoms with E-state index in [0.717, 1.165) is 30.1 Å². The molecule has 0 spiro atoms. The van der Waals surface area contributed by atoms with Crippen LogP contribution < -0.4 is 4.74 Å². The smallest absolute Gasteiger partial charge is 0.417 e. The second-order valence-corrected chi connectivity index (χ2v) is 7.25. The van der Waals surface area contributed by atoms with Gasteiger partial charge in [0.2, 0.25) is 5.88 Å². The molecule has 0 saturated heterocycles. The van der Waals surface area contributed by atoms with Crippen LogP contribution in [-0.2, 0) is 12.6 Å². The van der Waals surface area contributed by atoms with Crippen molar-refractivity contribution in [3.63, 3.8) is 0 Å². The molecule has 0 aliphatic rings. The summed E-state index contributed by atoms with van der Waals surface area (Å²) in [5.41, 5.74) is -0.0461. The zero-order valence-corrected chi connectivity index (χ0v) is 18.3. The van der Waals surface area contributed by atoms with Gasteiger partial charge >= 0.3 is 6.18 Å². The van der Waals surface area contributed by atoms with E-state index in [4.69, 9.17) is 4.74 Å². The Hall–Kier alpha value is -3.50. The number of ether oxygens (including phenoxy) is 1. The van der Waals surface area contributed by atoms with Crippen molar-refractivity contribution < 1.29 is 27.1 Å². The highest BCUT2D eigenvalue weighted by molar-refractivity contribution is 5.97. The van der Waals surface area contributed by atoms with Gasteiger partial charge in [-0.2, -0.15) is 18.3 Å². The molecule has 0 bridgehead atoms. The highest BCUT2D eigenvalue weighted by Crippen LogP contribution is 2.29. The number of likely N-dealkylation sites (N-methyl/N-ethyl adjacent to an activating group) is 1. The molecule has 1 unspecified atom stereocenters. The summed E-state index contributed by atoms with van der Waals surface area (Å²) in [7, 11) is 0. The molecule has 0 aliphatic carbocycles. The van der Waals surface area contributed by atoms with Crippen molar-refractivity contribution in [3.8, 4) is 11.7 Å². The first-order chi connectivity index (χ1) is 15.7. The number of aromatic nitrogens is 4. The fraction of sp³-hybridized carbons (Fsp3) is 0.364. The van der Waals surface area contributed by atoms with Crippen LogP contribution in [-0.4, -0.2) is 49.7 Å². The van der Waals surface area contributed by atoms with Crippen molar-refractivity contribution in [3.05, 3.63) is 65.5 Å². The van der Waals surface area contributed by atoms with E-state index in [1.54, 1.807) is 26.1 Å². The lowest BCUT2D eigenvalue weighted by Crippen LogP contribution is -2.42. The SMILES string of the molecule is CCc1ccnn1-c1ncc(F)cc1C(=O)N(CC)C(C)COc1ccc(C(F)(F)F)cn1. The number of halogens is 4. The Morgan fingerprint density at radius 3 is 2.55 bits per heavy atom. The molecule has 3 aromatic rings. The number of pyridine rings is 2. The van der Waals surface area contributed by atoms with Gasteiger partial charge in [0, 0.05) is 30.7 Å². The molecule has 3 aromatic heterocycles. The quantitative estimate of drug-likeness (QED) is 0.464. The lowest BCUT2D eigenvalue weighted by atomic mass is 10.1. The Morgan fingerprint density at radius 1 is 1.18 bits per heavy atom. The number of nitrogens with zero attached hydrogens (tertiary/aromatic N) is 5. The molecular weight excluding hydrogens is 442 g/mol. The second kappa shape index (κ2) is 9.97. The molecule has 0 saturated carbocycles. The van der Waals surface area contributed by atoms with E-state index < -0.39 is 29.5 Å². The third kappa shape index (κ3) is 5.47. The molecule has 33 heavy (non-hydrogen) atoms. The largest absolute Gasteiger partial charge is 0.475 e. The van der Waals surface area contributed by atoms with Crippen LogP contribution in [0.4, 0.5) is 17.6 Å². The number of alkyl halides is 3. The highest BCUT2D eigenvalue weighted by Gasteiger charge is 2.31. The van der Waals surface area contributed by atoms with Crippen molar-refractivity contribution in [2.75, 3.05) is 13.2 Å². The average Bonchev–Trinajstić information content (AvgIpc) is 3.26. The van der Waals surface area contributed by atoms with Gasteiger partial charge in [0.15, 0.2) is 5.82 Å². The third-order valence-electron chi connectivity index (χ3n) is 5.02. The Labute approximate surface area is 188 Å². The third-order valence-corrected chi connectivity index (χ3v) is 5.02. The van der Waals surface area contributed by atoms with Gasteiger partial charge in [-0.15, -0.1) is 0 Å². The van der Waals surface area contributed by atoms with Crippen LogP contribution in [0.2, 0.25) is 0 Å². The topological polar surface area (TPSA) is 73.1 Å². The van der Waals surface area contributed by atoms with Crippen LogP contribution in [0, 0.1) is 5.82 Å². The molecule has 3 rings (SSSR count). The van der Waals surface area contributed by atoms with Crippen LogP contribution >= 0.6 is 0 Å². The van der Waals surface area contributed by atoms with Gasteiger partial charge in [0.25, 0.3) is 5.91 Å². The highest BCUT2D eigenvalue weighted by atomic mass is 19.4. The van der Waals surface area contributed by atoms with Crippen LogP contribution in [0.15, 0.2) is 42.9 Å². The van der Waals surface area contributed by atoms with Crippen molar-refractivity contribution in [1.29, 1.82) is 0 Å². The number of rotatable bonds is 8. The standard InChI is InChI=1S/C22H23F4N5O2/c1-4-17-8-9-29-31(17)20-18(10-16(23)12-28-20)21(32)30(5-2)14(3)13-33-19-7-6-15(11-27-19)22(24,25)26/h6-12,14H,4-5,13H2,1-3H3. The molecule has 7 nitrogen and oxygen atoms in total. The van der Waals surface area contributed by atoms with Crippen LogP contribution in [0.3, 0.4) is 0 Å². The fourth-order valence-electron chi connectivity index (χ4n) is 3.29. The normalized spacial score (nSPS) is 12.5. The van der Waals surface area contributed by atoms with Crippen molar-refractivity contribution in [2.24, 2.45) is 0 Å². The first-order valence-corrected chi connectivity index (χ1v) is 10.3. The van der Waals surface area contributed by atoms with E-state index in [1.165, 1.54) is 9.58 Å². The van der Waals surface area contributed by atoms with Gasteiger partial charge in [0.1, 0.15) is 12.4 Å². The zero-order valence-electron chi connectivity index (χ0n) is 18.3. The monoisotopic (exact) mass is 465 g/mol. The molecule has 1 atom stereocenters. The fourth-order valence-corrected chi connectivity index (χ4v) is 3.29. The number of carbonyl (C=O) groups excluding carboxylic acids is 1. The van der Waals surface area contributed by atoms with Gasteiger partial charge in [-0.1, -0.05) is 6.92 Å². The van der Waals surface area contributed by atoms with E-state index in [1.807, 2.05) is 6.92 Å². The predicted molar refractivity (Wildman–Crippen MR) is 112 cm³/mol. The zero-order chi connectivity index (χ0) is 24.2. The minimum atomic E-state index is -4.49. The van der Waals surface area contributed by atoms with E-state index in [-0.39, 0.29) is 30.4 Å². The lowest BCUT2D eigenvalue weighted by molar-refractivity contribution is -0.137. The molecule has 0 aromatic carbocycles. The first-order valence-electron chi connectivity index (χ1n) is 10.3. The van der Waals surface area contributed by atoms with Gasteiger partial charge in [-0.3, -0.25) is 4.79 Å². The first kappa shape index (κ1) is 24.1. The molecule has 11 heteroatoms. The van der Waals surface area contributed by atoms with Crippen LogP contribution in [0.1, 0.15) is 42.4 Å². The second-order valence-electron chi connectivity index (χ2n) is 7.25. The summed E-state index contributed by atoms with van der Waals surface area (Å²) in [5.74, 6) is -0.940. The van der Waals surface area contributed by atoms with Crippen LogP contribution in [0.25, 0.3) is 5.82 Å². The number of carbonyl (C=O) groups is 1. The minimum Gasteiger partial charge on any atom is -0.475 e. The molecule has 1 amide bonds. The number of aryl methyl sites for hydroxylation is 1. The van der Waals surface area contributed by atoms with E-state index >= 15 is 0 Å². The molecule has 0 aliphatic heterocycles. The van der Waals surface area contributed by atoms with Gasteiger partial charge < -0.3 is 9.64 Å². The summed E-state index contributed by atoms with van der Waals surface area (Å²) >= 11 is 0. The average molecular weight is 465 g/mol. The van der Waals surface area contributed by atoms with E-state index in [0.29, 0.717) is 12.6 Å². The summed E-state index contributed by atoms with van der Waals surface area (Å²) < 4.78 is 59.0. The maximum atomic E-state index is 14.0. The molecule has 0 N–H and O–H groups in total. The molecule has 0 fully saturated rings. The number of amides is 1. The van der Waals surface area contributed by atoms with E-state index in [9.17, 15) is 22.4 Å². The Bertz CT molecular complexity index is 1100. The van der Waals surface area contributed by atoms with Crippen molar-refractivity contribution in [1.82, 2.24) is 24.6 Å². The van der Waals surface area contributed by atoms with Gasteiger partial charge in [-0.05, 0) is 38.5 Å². The molecule has 0 radical (unpaired) electrons. The molecule has 176 valence electrons. The number of hydrogen-bond donors (Lipinski definition) is 0. The molecular formula is C22H23F4N5O2. The maximum Gasteiger partial charge on any atom is 0.417 e. The summed E-state index contributed by atoms with van der Waals surface area (Å²) in [6.45, 7) is 5.63. The Kier molecular flexibility index (Phi) is 7.29.